The van der Waals surface area contributed by atoms with Crippen LogP contribution in [0.2, 0.25) is 0 Å². The van der Waals surface area contributed by atoms with Crippen LogP contribution in [0.5, 0.6) is 0 Å². The van der Waals surface area contributed by atoms with Crippen LogP contribution in [-0.2, 0) is 14.6 Å². The predicted octanol–water partition coefficient (Wildman–Crippen LogP) is 1.07. The fraction of sp³-hybridized carbons (Fsp3) is 1.00. The lowest BCUT2D eigenvalue weighted by Crippen LogP contribution is -2.36. The van der Waals surface area contributed by atoms with Crippen molar-refractivity contribution in [2.45, 2.75) is 26.2 Å². The number of ether oxygens (including phenoxy) is 1. The molecule has 0 bridgehead atoms. The van der Waals surface area contributed by atoms with E-state index in [1.165, 1.54) is 19.1 Å². The van der Waals surface area contributed by atoms with E-state index in [4.69, 9.17) is 4.74 Å². The summed E-state index contributed by atoms with van der Waals surface area (Å²) in [4.78, 5) is 0. The molecule has 1 aliphatic carbocycles. The second kappa shape index (κ2) is 6.16. The van der Waals surface area contributed by atoms with Gasteiger partial charge >= 0.3 is 0 Å². The standard InChI is InChI=1S/C12H25NO3S/c1-12(11-4-5-11,6-9-17(3,14)15)10-13-7-8-16-2/h11,13H,4-10H2,1-3H3. The van der Waals surface area contributed by atoms with Crippen molar-refractivity contribution in [3.8, 4) is 0 Å². The normalized spacial score (nSPS) is 20.2. The predicted molar refractivity (Wildman–Crippen MR) is 69.9 cm³/mol. The van der Waals surface area contributed by atoms with E-state index >= 15 is 0 Å². The molecule has 1 fully saturated rings. The molecular weight excluding hydrogens is 238 g/mol. The van der Waals surface area contributed by atoms with Gasteiger partial charge in [-0.1, -0.05) is 6.92 Å². The zero-order valence-electron chi connectivity index (χ0n) is 11.2. The van der Waals surface area contributed by atoms with Gasteiger partial charge in [-0.15, -0.1) is 0 Å². The van der Waals surface area contributed by atoms with Gasteiger partial charge in [-0.25, -0.2) is 8.42 Å². The molecule has 0 aromatic heterocycles. The van der Waals surface area contributed by atoms with Gasteiger partial charge in [0, 0.05) is 26.5 Å². The van der Waals surface area contributed by atoms with Crippen molar-refractivity contribution in [3.05, 3.63) is 0 Å². The topological polar surface area (TPSA) is 55.4 Å². The van der Waals surface area contributed by atoms with Crippen molar-refractivity contribution in [2.75, 3.05) is 38.8 Å². The van der Waals surface area contributed by atoms with E-state index in [0.29, 0.717) is 18.3 Å². The van der Waals surface area contributed by atoms with Crippen molar-refractivity contribution in [1.29, 1.82) is 0 Å². The van der Waals surface area contributed by atoms with Crippen molar-refractivity contribution >= 4 is 9.84 Å². The lowest BCUT2D eigenvalue weighted by atomic mass is 9.82. The van der Waals surface area contributed by atoms with Crippen LogP contribution < -0.4 is 5.32 Å². The minimum absolute atomic E-state index is 0.122. The Bertz CT molecular complexity index is 325. The van der Waals surface area contributed by atoms with Crippen LogP contribution in [0.15, 0.2) is 0 Å². The fourth-order valence-electron chi connectivity index (χ4n) is 2.18. The summed E-state index contributed by atoms with van der Waals surface area (Å²) in [6.45, 7) is 4.62. The highest BCUT2D eigenvalue weighted by atomic mass is 32.2. The fourth-order valence-corrected chi connectivity index (χ4v) is 3.02. The van der Waals surface area contributed by atoms with Gasteiger partial charge in [0.05, 0.1) is 12.4 Å². The second-order valence-electron chi connectivity index (χ2n) is 5.48. The largest absolute Gasteiger partial charge is 0.383 e. The van der Waals surface area contributed by atoms with Gasteiger partial charge in [0.25, 0.3) is 0 Å². The van der Waals surface area contributed by atoms with Crippen LogP contribution in [0.25, 0.3) is 0 Å². The molecule has 5 heteroatoms. The molecule has 0 heterocycles. The number of hydrogen-bond acceptors (Lipinski definition) is 4. The smallest absolute Gasteiger partial charge is 0.147 e. The summed E-state index contributed by atoms with van der Waals surface area (Å²) in [6.07, 6.45) is 4.56. The average molecular weight is 263 g/mol. The van der Waals surface area contributed by atoms with Gasteiger partial charge in [0.1, 0.15) is 9.84 Å². The highest BCUT2D eigenvalue weighted by Crippen LogP contribution is 2.47. The molecule has 0 aliphatic heterocycles. The second-order valence-corrected chi connectivity index (χ2v) is 7.74. The number of sulfone groups is 1. The van der Waals surface area contributed by atoms with Crippen molar-refractivity contribution in [2.24, 2.45) is 11.3 Å². The molecule has 0 saturated heterocycles. The first kappa shape index (κ1) is 14.9. The first-order valence-corrected chi connectivity index (χ1v) is 8.31. The van der Waals surface area contributed by atoms with Crippen LogP contribution in [0, 0.1) is 11.3 Å². The van der Waals surface area contributed by atoms with Crippen molar-refractivity contribution < 1.29 is 13.2 Å². The molecule has 0 aromatic carbocycles. The van der Waals surface area contributed by atoms with Gasteiger partial charge in [0.15, 0.2) is 0 Å². The quantitative estimate of drug-likeness (QED) is 0.632. The molecule has 0 aromatic rings. The molecule has 17 heavy (non-hydrogen) atoms. The molecule has 0 amide bonds. The Morgan fingerprint density at radius 3 is 2.53 bits per heavy atom. The first-order valence-electron chi connectivity index (χ1n) is 6.25. The van der Waals surface area contributed by atoms with E-state index in [2.05, 4.69) is 12.2 Å². The zero-order chi connectivity index (χ0) is 12.9. The van der Waals surface area contributed by atoms with Crippen LogP contribution in [0.1, 0.15) is 26.2 Å². The molecule has 0 spiro atoms. The van der Waals surface area contributed by atoms with Crippen LogP contribution in [-0.4, -0.2) is 47.2 Å². The SMILES string of the molecule is COCCNCC(C)(CCS(C)(=O)=O)C1CC1. The number of nitrogens with one attached hydrogen (secondary N) is 1. The molecule has 1 N–H and O–H groups in total. The van der Waals surface area contributed by atoms with Crippen molar-refractivity contribution in [1.82, 2.24) is 5.32 Å². The van der Waals surface area contributed by atoms with E-state index in [1.807, 2.05) is 0 Å². The maximum atomic E-state index is 11.3. The van der Waals surface area contributed by atoms with Gasteiger partial charge < -0.3 is 10.1 Å². The van der Waals surface area contributed by atoms with Crippen LogP contribution in [0.4, 0.5) is 0 Å². The molecule has 1 aliphatic rings. The molecule has 1 unspecified atom stereocenters. The summed E-state index contributed by atoms with van der Waals surface area (Å²) in [7, 11) is -1.16. The lowest BCUT2D eigenvalue weighted by molar-refractivity contribution is 0.186. The number of methoxy groups -OCH3 is 1. The van der Waals surface area contributed by atoms with E-state index in [9.17, 15) is 8.42 Å². The van der Waals surface area contributed by atoms with Gasteiger partial charge in [-0.05, 0) is 30.6 Å². The van der Waals surface area contributed by atoms with Gasteiger partial charge in [0.2, 0.25) is 0 Å². The molecule has 1 atom stereocenters. The third-order valence-electron chi connectivity index (χ3n) is 3.62. The zero-order valence-corrected chi connectivity index (χ0v) is 12.0. The van der Waals surface area contributed by atoms with E-state index in [-0.39, 0.29) is 5.41 Å². The van der Waals surface area contributed by atoms with Gasteiger partial charge in [-0.3, -0.25) is 0 Å². The van der Waals surface area contributed by atoms with Crippen molar-refractivity contribution in [3.63, 3.8) is 0 Å². The van der Waals surface area contributed by atoms with E-state index < -0.39 is 9.84 Å². The average Bonchev–Trinajstić information content (AvgIpc) is 3.04. The Morgan fingerprint density at radius 2 is 2.06 bits per heavy atom. The summed E-state index contributed by atoms with van der Waals surface area (Å²) in [6, 6.07) is 0. The summed E-state index contributed by atoms with van der Waals surface area (Å²) in [5.41, 5.74) is 0.122. The van der Waals surface area contributed by atoms with E-state index in [1.54, 1.807) is 7.11 Å². The van der Waals surface area contributed by atoms with E-state index in [0.717, 1.165) is 19.5 Å². The molecule has 1 rings (SSSR count). The highest BCUT2D eigenvalue weighted by Gasteiger charge is 2.41. The third kappa shape index (κ3) is 5.84. The summed E-state index contributed by atoms with van der Waals surface area (Å²) in [5, 5.41) is 3.36. The Kier molecular flexibility index (Phi) is 5.41. The minimum atomic E-state index is -2.85. The maximum absolute atomic E-state index is 11.3. The third-order valence-corrected chi connectivity index (χ3v) is 4.56. The lowest BCUT2D eigenvalue weighted by Gasteiger charge is -2.30. The van der Waals surface area contributed by atoms with Gasteiger partial charge in [-0.2, -0.15) is 0 Å². The summed E-state index contributed by atoms with van der Waals surface area (Å²) >= 11 is 0. The summed E-state index contributed by atoms with van der Waals surface area (Å²) in [5.74, 6) is 0.991. The van der Waals surface area contributed by atoms with Crippen LogP contribution >= 0.6 is 0 Å². The molecular formula is C12H25NO3S. The Labute approximate surface area is 105 Å². The summed E-state index contributed by atoms with van der Waals surface area (Å²) < 4.78 is 27.5. The number of rotatable bonds is 9. The molecule has 4 nitrogen and oxygen atoms in total. The molecule has 102 valence electrons. The molecule has 1 saturated carbocycles. The Morgan fingerprint density at radius 1 is 1.41 bits per heavy atom. The Balaban J connectivity index is 2.39. The Hall–Kier alpha value is -0.130. The monoisotopic (exact) mass is 263 g/mol. The highest BCUT2D eigenvalue weighted by molar-refractivity contribution is 7.90. The minimum Gasteiger partial charge on any atom is -0.383 e. The van der Waals surface area contributed by atoms with Crippen LogP contribution in [0.3, 0.4) is 0 Å². The molecule has 0 radical (unpaired) electrons. The first-order chi connectivity index (χ1) is 7.87. The number of hydrogen-bond donors (Lipinski definition) is 1. The maximum Gasteiger partial charge on any atom is 0.147 e.